The molecule has 2 fully saturated rings. The second-order valence-corrected chi connectivity index (χ2v) is 6.26. The van der Waals surface area contributed by atoms with Gasteiger partial charge in [0.2, 0.25) is 0 Å². The molecule has 0 aromatic heterocycles. The molecule has 2 rings (SSSR count). The Labute approximate surface area is 112 Å². The Balaban J connectivity index is 1.95. The highest BCUT2D eigenvalue weighted by Gasteiger charge is 2.37. The third-order valence-electron chi connectivity index (χ3n) is 4.82. The van der Waals surface area contributed by atoms with Gasteiger partial charge in [-0.1, -0.05) is 20.3 Å². The van der Waals surface area contributed by atoms with Gasteiger partial charge in [-0.2, -0.15) is 0 Å². The summed E-state index contributed by atoms with van der Waals surface area (Å²) in [6.07, 6.45) is 6.76. The number of piperazine rings is 1. The van der Waals surface area contributed by atoms with E-state index in [1.54, 1.807) is 0 Å². The van der Waals surface area contributed by atoms with Crippen LogP contribution in [-0.2, 0) is 4.74 Å². The number of hydrogen-bond donors (Lipinski definition) is 1. The van der Waals surface area contributed by atoms with Crippen LogP contribution >= 0.6 is 0 Å². The van der Waals surface area contributed by atoms with Gasteiger partial charge in [-0.05, 0) is 32.6 Å². The van der Waals surface area contributed by atoms with Gasteiger partial charge in [0.15, 0.2) is 0 Å². The molecule has 0 spiro atoms. The maximum Gasteiger partial charge on any atom is 0.0703 e. The van der Waals surface area contributed by atoms with Crippen molar-refractivity contribution in [1.82, 2.24) is 10.2 Å². The predicted octanol–water partition coefficient (Wildman–Crippen LogP) is 2.41. The van der Waals surface area contributed by atoms with Crippen molar-refractivity contribution in [3.63, 3.8) is 0 Å². The van der Waals surface area contributed by atoms with Gasteiger partial charge in [-0.3, -0.25) is 4.90 Å². The monoisotopic (exact) mass is 254 g/mol. The number of nitrogens with zero attached hydrogens (tertiary/aromatic N) is 1. The molecule has 2 aliphatic rings. The van der Waals surface area contributed by atoms with E-state index in [1.165, 1.54) is 38.6 Å². The summed E-state index contributed by atoms with van der Waals surface area (Å²) in [6, 6.07) is 0.677. The van der Waals surface area contributed by atoms with Crippen LogP contribution in [0.4, 0.5) is 0 Å². The fraction of sp³-hybridized carbons (Fsp3) is 1.00. The highest BCUT2D eigenvalue weighted by atomic mass is 16.5. The van der Waals surface area contributed by atoms with Crippen LogP contribution in [0.2, 0.25) is 0 Å². The molecule has 106 valence electrons. The van der Waals surface area contributed by atoms with Gasteiger partial charge in [-0.15, -0.1) is 0 Å². The zero-order valence-electron chi connectivity index (χ0n) is 12.4. The van der Waals surface area contributed by atoms with E-state index in [1.807, 2.05) is 0 Å². The second kappa shape index (κ2) is 6.36. The van der Waals surface area contributed by atoms with Crippen LogP contribution in [0.15, 0.2) is 0 Å². The Bertz CT molecular complexity index is 253. The third-order valence-corrected chi connectivity index (χ3v) is 4.82. The van der Waals surface area contributed by atoms with E-state index in [0.29, 0.717) is 17.7 Å². The van der Waals surface area contributed by atoms with Crippen molar-refractivity contribution in [1.29, 1.82) is 0 Å². The van der Waals surface area contributed by atoms with Gasteiger partial charge in [0.25, 0.3) is 0 Å². The summed E-state index contributed by atoms with van der Waals surface area (Å²) in [5, 5.41) is 3.73. The summed E-state index contributed by atoms with van der Waals surface area (Å²) >= 11 is 0. The Morgan fingerprint density at radius 3 is 2.83 bits per heavy atom. The average molecular weight is 254 g/mol. The molecule has 18 heavy (non-hydrogen) atoms. The minimum Gasteiger partial charge on any atom is -0.377 e. The second-order valence-electron chi connectivity index (χ2n) is 6.26. The Morgan fingerprint density at radius 1 is 1.39 bits per heavy atom. The van der Waals surface area contributed by atoms with E-state index < -0.39 is 0 Å². The first-order chi connectivity index (χ1) is 8.68. The lowest BCUT2D eigenvalue weighted by Gasteiger charge is -2.48. The maximum atomic E-state index is 5.83. The number of hydrogen-bond acceptors (Lipinski definition) is 3. The van der Waals surface area contributed by atoms with Crippen molar-refractivity contribution >= 4 is 0 Å². The van der Waals surface area contributed by atoms with Gasteiger partial charge in [-0.25, -0.2) is 0 Å². The lowest BCUT2D eigenvalue weighted by Crippen LogP contribution is -2.64. The molecule has 0 aliphatic carbocycles. The number of ether oxygens (including phenoxy) is 1. The summed E-state index contributed by atoms with van der Waals surface area (Å²) in [4.78, 5) is 2.69. The fourth-order valence-electron chi connectivity index (χ4n) is 3.25. The summed E-state index contributed by atoms with van der Waals surface area (Å²) < 4.78 is 5.83. The molecule has 0 saturated carbocycles. The molecule has 3 nitrogen and oxygen atoms in total. The molecular formula is C15H30N2O. The van der Waals surface area contributed by atoms with E-state index >= 15 is 0 Å². The number of rotatable bonds is 5. The predicted molar refractivity (Wildman–Crippen MR) is 75.9 cm³/mol. The zero-order valence-corrected chi connectivity index (χ0v) is 12.4. The van der Waals surface area contributed by atoms with Crippen LogP contribution in [-0.4, -0.2) is 48.8 Å². The van der Waals surface area contributed by atoms with E-state index in [9.17, 15) is 0 Å². The maximum absolute atomic E-state index is 5.83. The van der Waals surface area contributed by atoms with Crippen LogP contribution < -0.4 is 5.32 Å². The summed E-state index contributed by atoms with van der Waals surface area (Å²) in [5.41, 5.74) is 0.316. The van der Waals surface area contributed by atoms with Crippen LogP contribution in [0.3, 0.4) is 0 Å². The number of nitrogens with one attached hydrogen (secondary N) is 1. The highest BCUT2D eigenvalue weighted by molar-refractivity contribution is 4.96. The van der Waals surface area contributed by atoms with Crippen LogP contribution in [0, 0.1) is 0 Å². The Hall–Kier alpha value is -0.120. The van der Waals surface area contributed by atoms with Crippen LogP contribution in [0.5, 0.6) is 0 Å². The minimum absolute atomic E-state index is 0.316. The lowest BCUT2D eigenvalue weighted by molar-refractivity contribution is -0.00297. The Kier molecular flexibility index (Phi) is 5.05. The molecule has 0 aromatic carbocycles. The summed E-state index contributed by atoms with van der Waals surface area (Å²) in [6.45, 7) is 11.4. The van der Waals surface area contributed by atoms with Crippen LogP contribution in [0.1, 0.15) is 52.9 Å². The molecule has 0 radical (unpaired) electrons. The van der Waals surface area contributed by atoms with Gasteiger partial charge in [0, 0.05) is 37.8 Å². The van der Waals surface area contributed by atoms with Crippen molar-refractivity contribution in [2.24, 2.45) is 0 Å². The van der Waals surface area contributed by atoms with E-state index in [2.05, 4.69) is 31.0 Å². The topological polar surface area (TPSA) is 24.5 Å². The highest BCUT2D eigenvalue weighted by Crippen LogP contribution is 2.26. The zero-order chi connectivity index (χ0) is 13.0. The lowest BCUT2D eigenvalue weighted by atomic mass is 9.90. The first-order valence-electron chi connectivity index (χ1n) is 7.78. The molecule has 0 amide bonds. The van der Waals surface area contributed by atoms with Gasteiger partial charge in [0.05, 0.1) is 6.10 Å². The first kappa shape index (κ1) is 14.3. The molecule has 1 N–H and O–H groups in total. The minimum atomic E-state index is 0.316. The van der Waals surface area contributed by atoms with E-state index in [-0.39, 0.29) is 0 Å². The first-order valence-corrected chi connectivity index (χ1v) is 7.78. The molecule has 3 atom stereocenters. The molecule has 3 heteroatoms. The molecule has 2 heterocycles. The molecule has 2 saturated heterocycles. The van der Waals surface area contributed by atoms with Gasteiger partial charge >= 0.3 is 0 Å². The summed E-state index contributed by atoms with van der Waals surface area (Å²) in [5.74, 6) is 0. The average Bonchev–Trinajstić information content (AvgIpc) is 2.87. The smallest absolute Gasteiger partial charge is 0.0703 e. The van der Waals surface area contributed by atoms with E-state index in [0.717, 1.165) is 19.7 Å². The summed E-state index contributed by atoms with van der Waals surface area (Å²) in [7, 11) is 0. The molecule has 0 bridgehead atoms. The van der Waals surface area contributed by atoms with E-state index in [4.69, 9.17) is 4.74 Å². The quantitative estimate of drug-likeness (QED) is 0.815. The van der Waals surface area contributed by atoms with Gasteiger partial charge < -0.3 is 10.1 Å². The largest absolute Gasteiger partial charge is 0.377 e. The SMILES string of the molecule is CCCC1CN(CC2CCCO2)C(C)(CC)CN1. The fourth-order valence-corrected chi connectivity index (χ4v) is 3.25. The normalized spacial score (nSPS) is 38.2. The van der Waals surface area contributed by atoms with Crippen molar-refractivity contribution in [3.05, 3.63) is 0 Å². The molecular weight excluding hydrogens is 224 g/mol. The van der Waals surface area contributed by atoms with Crippen molar-refractivity contribution in [2.45, 2.75) is 70.6 Å². The van der Waals surface area contributed by atoms with Gasteiger partial charge in [0.1, 0.15) is 0 Å². The molecule has 2 aliphatic heterocycles. The third kappa shape index (κ3) is 3.25. The van der Waals surface area contributed by atoms with Crippen molar-refractivity contribution < 1.29 is 4.74 Å². The van der Waals surface area contributed by atoms with Crippen molar-refractivity contribution in [2.75, 3.05) is 26.2 Å². The molecule has 0 aromatic rings. The standard InChI is InChI=1S/C15H30N2O/c1-4-7-13-10-17(11-14-8-6-9-18-14)15(3,5-2)12-16-13/h13-14,16H,4-12H2,1-3H3. The Morgan fingerprint density at radius 2 is 2.22 bits per heavy atom. The molecule has 3 unspecified atom stereocenters. The van der Waals surface area contributed by atoms with Crippen LogP contribution in [0.25, 0.3) is 0 Å². The van der Waals surface area contributed by atoms with Crippen molar-refractivity contribution in [3.8, 4) is 0 Å².